The number of nitrogen functional groups attached to an aromatic ring is 1. The number of hydrogen-bond donors (Lipinski definition) is 4. The van der Waals surface area contributed by atoms with E-state index in [1.54, 1.807) is 0 Å². The Bertz CT molecular complexity index is 1170. The van der Waals surface area contributed by atoms with Crippen LogP contribution in [0.3, 0.4) is 0 Å². The lowest BCUT2D eigenvalue weighted by molar-refractivity contribution is -0.107. The minimum absolute atomic E-state index is 0.0267. The van der Waals surface area contributed by atoms with Crippen molar-refractivity contribution < 1.29 is 28.1 Å². The summed E-state index contributed by atoms with van der Waals surface area (Å²) in [7, 11) is -2.38. The fourth-order valence-corrected chi connectivity index (χ4v) is 4.30. The quantitative estimate of drug-likeness (QED) is 0.367. The van der Waals surface area contributed by atoms with Gasteiger partial charge in [0.1, 0.15) is 29.8 Å². The molecule has 1 aliphatic rings. The molecule has 0 aliphatic carbocycles. The van der Waals surface area contributed by atoms with Gasteiger partial charge in [0.2, 0.25) is 10.0 Å². The molecule has 1 aliphatic heterocycles. The van der Waals surface area contributed by atoms with E-state index in [-0.39, 0.29) is 35.0 Å². The molecule has 1 saturated heterocycles. The van der Waals surface area contributed by atoms with Crippen LogP contribution in [0, 0.1) is 0 Å². The first-order valence-electron chi connectivity index (χ1n) is 8.86. The number of aliphatic hydroxyl groups excluding tert-OH is 1. The van der Waals surface area contributed by atoms with Crippen LogP contribution in [0.25, 0.3) is 11.2 Å². The third-order valence-corrected chi connectivity index (χ3v) is 6.40. The summed E-state index contributed by atoms with van der Waals surface area (Å²) in [5.74, 6) is 0.644. The maximum Gasteiger partial charge on any atom is 0.240 e. The number of rotatable bonds is 6. The third-order valence-electron chi connectivity index (χ3n) is 4.96. The number of aromatic nitrogens is 4. The van der Waals surface area contributed by atoms with E-state index in [2.05, 4.69) is 19.7 Å². The van der Waals surface area contributed by atoms with Crippen LogP contribution in [-0.2, 0) is 20.5 Å². The maximum atomic E-state index is 12.5. The topological polar surface area (TPSA) is 175 Å². The molecule has 3 aromatic rings. The van der Waals surface area contributed by atoms with Crippen LogP contribution in [0.5, 0.6) is 5.75 Å². The van der Waals surface area contributed by atoms with Gasteiger partial charge in [0, 0.05) is 6.54 Å². The first-order chi connectivity index (χ1) is 14.3. The highest BCUT2D eigenvalue weighted by molar-refractivity contribution is 7.89. The number of anilines is 1. The van der Waals surface area contributed by atoms with Gasteiger partial charge in [-0.05, 0) is 24.3 Å². The Kier molecular flexibility index (Phi) is 5.07. The van der Waals surface area contributed by atoms with Crippen molar-refractivity contribution >= 4 is 27.0 Å². The minimum Gasteiger partial charge on any atom is -0.497 e. The zero-order chi connectivity index (χ0) is 21.5. The lowest BCUT2D eigenvalue weighted by Crippen LogP contribution is -2.48. The number of fused-ring (bicyclic) bond motifs is 1. The monoisotopic (exact) mass is 436 g/mol. The van der Waals surface area contributed by atoms with Gasteiger partial charge in [0.15, 0.2) is 17.2 Å². The molecule has 3 unspecified atom stereocenters. The molecule has 0 bridgehead atoms. The Labute approximate surface area is 171 Å². The summed E-state index contributed by atoms with van der Waals surface area (Å²) in [6.45, 7) is -0.569. The fourth-order valence-electron chi connectivity index (χ4n) is 3.25. The SMILES string of the molecule is COc1ccc(S(=O)(=O)NCC2OCC(O)(n3cnc4c(N)ncnc43)C2O)cc1. The van der Waals surface area contributed by atoms with Gasteiger partial charge < -0.3 is 25.4 Å². The van der Waals surface area contributed by atoms with Gasteiger partial charge in [-0.15, -0.1) is 0 Å². The fraction of sp³-hybridized carbons (Fsp3) is 0.353. The number of nitrogens with one attached hydrogen (secondary N) is 1. The molecule has 0 radical (unpaired) electrons. The van der Waals surface area contributed by atoms with E-state index >= 15 is 0 Å². The van der Waals surface area contributed by atoms with Gasteiger partial charge in [0.05, 0.1) is 24.9 Å². The summed E-state index contributed by atoms with van der Waals surface area (Å²) >= 11 is 0. The van der Waals surface area contributed by atoms with E-state index in [4.69, 9.17) is 15.2 Å². The Morgan fingerprint density at radius 3 is 2.77 bits per heavy atom. The molecular formula is C17H20N6O6S. The van der Waals surface area contributed by atoms with E-state index in [1.165, 1.54) is 48.6 Å². The molecule has 3 heterocycles. The number of hydrogen-bond acceptors (Lipinski definition) is 10. The van der Waals surface area contributed by atoms with Gasteiger partial charge >= 0.3 is 0 Å². The molecule has 0 amide bonds. The molecule has 3 atom stereocenters. The van der Waals surface area contributed by atoms with Crippen molar-refractivity contribution in [1.82, 2.24) is 24.2 Å². The normalized spacial score (nSPS) is 24.4. The average molecular weight is 436 g/mol. The van der Waals surface area contributed by atoms with Gasteiger partial charge in [-0.25, -0.2) is 28.1 Å². The lowest BCUT2D eigenvalue weighted by atomic mass is 10.1. The highest BCUT2D eigenvalue weighted by Gasteiger charge is 2.50. The maximum absolute atomic E-state index is 12.5. The van der Waals surface area contributed by atoms with Crippen molar-refractivity contribution in [3.8, 4) is 5.75 Å². The number of imidazole rings is 1. The summed E-state index contributed by atoms with van der Waals surface area (Å²) in [6.07, 6.45) is -0.00190. The smallest absolute Gasteiger partial charge is 0.240 e. The van der Waals surface area contributed by atoms with Crippen LogP contribution < -0.4 is 15.2 Å². The molecule has 4 rings (SSSR count). The van der Waals surface area contributed by atoms with E-state index in [1.807, 2.05) is 0 Å². The van der Waals surface area contributed by atoms with E-state index < -0.39 is 28.0 Å². The van der Waals surface area contributed by atoms with Gasteiger partial charge in [-0.2, -0.15) is 0 Å². The average Bonchev–Trinajstić information content (AvgIpc) is 3.30. The van der Waals surface area contributed by atoms with Crippen molar-refractivity contribution in [1.29, 1.82) is 0 Å². The van der Waals surface area contributed by atoms with Gasteiger partial charge in [0.25, 0.3) is 0 Å². The number of benzene rings is 1. The van der Waals surface area contributed by atoms with Gasteiger partial charge in [-0.3, -0.25) is 4.57 Å². The first-order valence-corrected chi connectivity index (χ1v) is 10.3. The van der Waals surface area contributed by atoms with Crippen LogP contribution >= 0.6 is 0 Å². The molecule has 1 aromatic carbocycles. The Morgan fingerprint density at radius 1 is 1.33 bits per heavy atom. The van der Waals surface area contributed by atoms with Gasteiger partial charge in [-0.1, -0.05) is 0 Å². The number of aliphatic hydroxyl groups is 2. The molecular weight excluding hydrogens is 416 g/mol. The largest absolute Gasteiger partial charge is 0.497 e. The second-order valence-electron chi connectivity index (χ2n) is 6.75. The van der Waals surface area contributed by atoms with E-state index in [9.17, 15) is 18.6 Å². The molecule has 2 aromatic heterocycles. The molecule has 0 saturated carbocycles. The summed E-state index contributed by atoms with van der Waals surface area (Å²) < 4.78 is 39.1. The third kappa shape index (κ3) is 3.36. The van der Waals surface area contributed by atoms with Crippen molar-refractivity contribution in [3.63, 3.8) is 0 Å². The van der Waals surface area contributed by atoms with Crippen molar-refractivity contribution in [2.75, 3.05) is 26.0 Å². The Balaban J connectivity index is 1.51. The zero-order valence-corrected chi connectivity index (χ0v) is 16.7. The second-order valence-corrected chi connectivity index (χ2v) is 8.51. The van der Waals surface area contributed by atoms with Crippen molar-refractivity contribution in [2.45, 2.75) is 22.8 Å². The predicted octanol–water partition coefficient (Wildman–Crippen LogP) is -1.20. The zero-order valence-electron chi connectivity index (χ0n) is 15.8. The Morgan fingerprint density at radius 2 is 2.07 bits per heavy atom. The Hall–Kier alpha value is -2.84. The second kappa shape index (κ2) is 7.45. The van der Waals surface area contributed by atoms with Crippen molar-refractivity contribution in [3.05, 3.63) is 36.9 Å². The van der Waals surface area contributed by atoms with Crippen molar-refractivity contribution in [2.24, 2.45) is 0 Å². The number of sulfonamides is 1. The van der Waals surface area contributed by atoms with Crippen LogP contribution in [0.1, 0.15) is 0 Å². The molecule has 1 fully saturated rings. The lowest BCUT2D eigenvalue weighted by Gasteiger charge is -2.27. The summed E-state index contributed by atoms with van der Waals surface area (Å²) in [5, 5.41) is 21.7. The first kappa shape index (κ1) is 20.4. The molecule has 30 heavy (non-hydrogen) atoms. The standard InChI is InChI=1S/C17H20N6O6S/c1-28-10-2-4-11(5-3-10)30(26,27)22-6-12-14(24)17(25,7-29-12)23-9-21-13-15(18)19-8-20-16(13)23/h2-5,8-9,12,14,22,24-25H,6-7H2,1H3,(H2,18,19,20). The molecule has 5 N–H and O–H groups in total. The van der Waals surface area contributed by atoms with E-state index in [0.717, 1.165) is 0 Å². The predicted molar refractivity (Wildman–Crippen MR) is 104 cm³/mol. The molecule has 160 valence electrons. The summed E-state index contributed by atoms with van der Waals surface area (Å²) in [5.41, 5.74) is 4.32. The van der Waals surface area contributed by atoms with Crippen LogP contribution in [-0.4, -0.2) is 70.6 Å². The highest BCUT2D eigenvalue weighted by atomic mass is 32.2. The van der Waals surface area contributed by atoms with E-state index in [0.29, 0.717) is 5.75 Å². The number of ether oxygens (including phenoxy) is 2. The van der Waals surface area contributed by atoms with Crippen LogP contribution in [0.2, 0.25) is 0 Å². The number of methoxy groups -OCH3 is 1. The molecule has 12 nitrogen and oxygen atoms in total. The number of nitrogens with two attached hydrogens (primary N) is 1. The highest BCUT2D eigenvalue weighted by Crippen LogP contribution is 2.32. The number of nitrogens with zero attached hydrogens (tertiary/aromatic N) is 4. The molecule has 0 spiro atoms. The van der Waals surface area contributed by atoms with Crippen LogP contribution in [0.15, 0.2) is 41.8 Å². The minimum atomic E-state index is -3.86. The summed E-state index contributed by atoms with van der Waals surface area (Å²) in [4.78, 5) is 12.0. The van der Waals surface area contributed by atoms with Crippen LogP contribution in [0.4, 0.5) is 5.82 Å². The summed E-state index contributed by atoms with van der Waals surface area (Å²) in [6, 6.07) is 5.83. The molecule has 13 heteroatoms.